The predicted molar refractivity (Wildman–Crippen MR) is 82.0 cm³/mol. The summed E-state index contributed by atoms with van der Waals surface area (Å²) in [5.74, 6) is 1.36. The third kappa shape index (κ3) is 2.63. The smallest absolute Gasteiger partial charge is 0.153 e. The van der Waals surface area contributed by atoms with Gasteiger partial charge in [0.1, 0.15) is 11.3 Å². The quantitative estimate of drug-likeness (QED) is 0.740. The van der Waals surface area contributed by atoms with E-state index >= 15 is 0 Å². The fourth-order valence-corrected chi connectivity index (χ4v) is 2.14. The zero-order valence-corrected chi connectivity index (χ0v) is 11.3. The van der Waals surface area contributed by atoms with E-state index in [1.165, 1.54) is 0 Å². The highest BCUT2D eigenvalue weighted by molar-refractivity contribution is 5.94. The summed E-state index contributed by atoms with van der Waals surface area (Å²) in [7, 11) is 0. The highest BCUT2D eigenvalue weighted by Crippen LogP contribution is 2.31. The van der Waals surface area contributed by atoms with Crippen molar-refractivity contribution in [3.63, 3.8) is 0 Å². The van der Waals surface area contributed by atoms with Gasteiger partial charge in [0, 0.05) is 17.3 Å². The summed E-state index contributed by atoms with van der Waals surface area (Å²) in [5, 5.41) is 9.54. The van der Waals surface area contributed by atoms with Gasteiger partial charge >= 0.3 is 0 Å². The van der Waals surface area contributed by atoms with E-state index in [1.807, 2.05) is 48.5 Å². The Hall–Kier alpha value is -3.06. The van der Waals surface area contributed by atoms with Crippen molar-refractivity contribution in [2.45, 2.75) is 6.42 Å². The Morgan fingerprint density at radius 3 is 2.67 bits per heavy atom. The molecular formula is C17H13N3O. The van der Waals surface area contributed by atoms with Crippen LogP contribution in [0.3, 0.4) is 0 Å². The molecule has 0 amide bonds. The lowest BCUT2D eigenvalue weighted by atomic mass is 10.1. The number of pyridine rings is 1. The van der Waals surface area contributed by atoms with E-state index in [0.29, 0.717) is 23.6 Å². The molecule has 0 unspecified atom stereocenters. The molecular weight excluding hydrogens is 262 g/mol. The van der Waals surface area contributed by atoms with Crippen molar-refractivity contribution in [3.8, 4) is 17.6 Å². The first-order valence-electron chi connectivity index (χ1n) is 6.55. The lowest BCUT2D eigenvalue weighted by Gasteiger charge is -2.10. The Labute approximate surface area is 122 Å². The molecule has 102 valence electrons. The van der Waals surface area contributed by atoms with Gasteiger partial charge in [0.2, 0.25) is 0 Å². The summed E-state index contributed by atoms with van der Waals surface area (Å²) >= 11 is 0. The Morgan fingerprint density at radius 1 is 1.10 bits per heavy atom. The van der Waals surface area contributed by atoms with Crippen LogP contribution in [0.2, 0.25) is 0 Å². The van der Waals surface area contributed by atoms with Gasteiger partial charge < -0.3 is 10.5 Å². The lowest BCUT2D eigenvalue weighted by molar-refractivity contribution is 0.487. The van der Waals surface area contributed by atoms with E-state index in [0.717, 1.165) is 16.5 Å². The number of nitrogen functional groups attached to an aromatic ring is 1. The molecule has 4 nitrogen and oxygen atoms in total. The molecule has 0 radical (unpaired) electrons. The van der Waals surface area contributed by atoms with E-state index in [-0.39, 0.29) is 0 Å². The second-order valence-electron chi connectivity index (χ2n) is 4.63. The minimum absolute atomic E-state index is 0.395. The average molecular weight is 275 g/mol. The monoisotopic (exact) mass is 275 g/mol. The minimum Gasteiger partial charge on any atom is -0.455 e. The molecule has 0 fully saturated rings. The Morgan fingerprint density at radius 2 is 1.90 bits per heavy atom. The van der Waals surface area contributed by atoms with Crippen molar-refractivity contribution in [2.24, 2.45) is 0 Å². The van der Waals surface area contributed by atoms with Crippen molar-refractivity contribution in [2.75, 3.05) is 5.73 Å². The number of nitriles is 1. The van der Waals surface area contributed by atoms with Gasteiger partial charge in [-0.15, -0.1) is 0 Å². The zero-order valence-electron chi connectivity index (χ0n) is 11.3. The van der Waals surface area contributed by atoms with Crippen LogP contribution in [0.5, 0.6) is 11.5 Å². The van der Waals surface area contributed by atoms with Gasteiger partial charge in [-0.1, -0.05) is 12.1 Å². The molecule has 0 bridgehead atoms. The van der Waals surface area contributed by atoms with E-state index in [9.17, 15) is 0 Å². The van der Waals surface area contributed by atoms with Crippen LogP contribution in [-0.4, -0.2) is 4.98 Å². The Balaban J connectivity index is 1.95. The summed E-state index contributed by atoms with van der Waals surface area (Å²) < 4.78 is 5.88. The SMILES string of the molecule is N#CCc1ccc(Oc2ccc(N)c3cccnc23)cc1. The first kappa shape index (κ1) is 12.9. The maximum absolute atomic E-state index is 8.67. The second-order valence-corrected chi connectivity index (χ2v) is 4.63. The maximum Gasteiger partial charge on any atom is 0.153 e. The maximum atomic E-state index is 8.67. The number of fused-ring (bicyclic) bond motifs is 1. The number of anilines is 1. The third-order valence-corrected chi connectivity index (χ3v) is 3.20. The first-order chi connectivity index (χ1) is 10.3. The molecule has 21 heavy (non-hydrogen) atoms. The molecule has 1 aromatic heterocycles. The Bertz CT molecular complexity index is 820. The highest BCUT2D eigenvalue weighted by Gasteiger charge is 2.07. The predicted octanol–water partition coefficient (Wildman–Crippen LogP) is 3.68. The fourth-order valence-electron chi connectivity index (χ4n) is 2.14. The van der Waals surface area contributed by atoms with Crippen LogP contribution in [0.25, 0.3) is 10.9 Å². The van der Waals surface area contributed by atoms with E-state index < -0.39 is 0 Å². The molecule has 4 heteroatoms. The van der Waals surface area contributed by atoms with E-state index in [4.69, 9.17) is 15.7 Å². The number of nitrogens with zero attached hydrogens (tertiary/aromatic N) is 2. The van der Waals surface area contributed by atoms with Crippen LogP contribution in [0, 0.1) is 11.3 Å². The molecule has 0 saturated heterocycles. The van der Waals surface area contributed by atoms with Gasteiger partial charge in [-0.05, 0) is 42.0 Å². The van der Waals surface area contributed by atoms with Crippen LogP contribution in [0.1, 0.15) is 5.56 Å². The molecule has 1 heterocycles. The fraction of sp³-hybridized carbons (Fsp3) is 0.0588. The molecule has 3 rings (SSSR count). The molecule has 0 aliphatic carbocycles. The van der Waals surface area contributed by atoms with Crippen molar-refractivity contribution < 1.29 is 4.74 Å². The van der Waals surface area contributed by atoms with Crippen LogP contribution < -0.4 is 10.5 Å². The Kier molecular flexibility index (Phi) is 3.40. The number of rotatable bonds is 3. The number of ether oxygens (including phenoxy) is 1. The summed E-state index contributed by atoms with van der Waals surface area (Å²) in [5.41, 5.74) is 8.32. The molecule has 3 aromatic rings. The number of aromatic nitrogens is 1. The molecule has 0 atom stereocenters. The molecule has 0 saturated carbocycles. The van der Waals surface area contributed by atoms with Crippen molar-refractivity contribution in [1.82, 2.24) is 4.98 Å². The topological polar surface area (TPSA) is 71.9 Å². The molecule has 0 aliphatic heterocycles. The summed E-state index contributed by atoms with van der Waals surface area (Å²) in [6.45, 7) is 0. The number of hydrogen-bond donors (Lipinski definition) is 1. The summed E-state index contributed by atoms with van der Waals surface area (Å²) in [6, 6.07) is 17.0. The van der Waals surface area contributed by atoms with Gasteiger partial charge in [0.25, 0.3) is 0 Å². The molecule has 0 aliphatic rings. The van der Waals surface area contributed by atoms with Crippen molar-refractivity contribution in [1.29, 1.82) is 5.26 Å². The number of hydrogen-bond acceptors (Lipinski definition) is 4. The van der Waals surface area contributed by atoms with Crippen LogP contribution in [0.4, 0.5) is 5.69 Å². The third-order valence-electron chi connectivity index (χ3n) is 3.20. The molecule has 0 spiro atoms. The summed E-state index contributed by atoms with van der Waals surface area (Å²) in [6.07, 6.45) is 2.11. The average Bonchev–Trinajstić information content (AvgIpc) is 2.52. The van der Waals surface area contributed by atoms with Gasteiger partial charge in [-0.3, -0.25) is 4.98 Å². The second kappa shape index (κ2) is 5.51. The van der Waals surface area contributed by atoms with Gasteiger partial charge in [0.15, 0.2) is 5.75 Å². The molecule has 2 N–H and O–H groups in total. The first-order valence-corrected chi connectivity index (χ1v) is 6.55. The largest absolute Gasteiger partial charge is 0.455 e. The summed E-state index contributed by atoms with van der Waals surface area (Å²) in [4.78, 5) is 4.34. The van der Waals surface area contributed by atoms with Crippen LogP contribution in [-0.2, 0) is 6.42 Å². The van der Waals surface area contributed by atoms with Gasteiger partial charge in [-0.25, -0.2) is 0 Å². The van der Waals surface area contributed by atoms with E-state index in [1.54, 1.807) is 6.20 Å². The minimum atomic E-state index is 0.395. The highest BCUT2D eigenvalue weighted by atomic mass is 16.5. The van der Waals surface area contributed by atoms with Crippen LogP contribution >= 0.6 is 0 Å². The number of nitrogens with two attached hydrogens (primary N) is 1. The standard InChI is InChI=1S/C17H13N3O/c18-10-9-12-3-5-13(6-4-12)21-16-8-7-15(19)14-2-1-11-20-17(14)16/h1-8,11H,9,19H2. The van der Waals surface area contributed by atoms with Crippen LogP contribution in [0.15, 0.2) is 54.7 Å². The lowest BCUT2D eigenvalue weighted by Crippen LogP contribution is -1.92. The normalized spacial score (nSPS) is 10.2. The van der Waals surface area contributed by atoms with Crippen molar-refractivity contribution >= 4 is 16.6 Å². The van der Waals surface area contributed by atoms with E-state index in [2.05, 4.69) is 11.1 Å². The number of benzene rings is 2. The van der Waals surface area contributed by atoms with Gasteiger partial charge in [-0.2, -0.15) is 5.26 Å². The zero-order chi connectivity index (χ0) is 14.7. The van der Waals surface area contributed by atoms with Crippen molar-refractivity contribution in [3.05, 3.63) is 60.3 Å². The molecule has 2 aromatic carbocycles. The van der Waals surface area contributed by atoms with Gasteiger partial charge in [0.05, 0.1) is 12.5 Å².